The van der Waals surface area contributed by atoms with Crippen LogP contribution in [0.5, 0.6) is 0 Å². The van der Waals surface area contributed by atoms with Crippen LogP contribution in [-0.2, 0) is 4.74 Å². The third kappa shape index (κ3) is 3.94. The Morgan fingerprint density at radius 1 is 1.29 bits per heavy atom. The first-order valence-electron chi connectivity index (χ1n) is 6.89. The number of nitrogens with two attached hydrogens (primary N) is 1. The highest BCUT2D eigenvalue weighted by molar-refractivity contribution is 4.92. The van der Waals surface area contributed by atoms with Gasteiger partial charge in [-0.15, -0.1) is 0 Å². The van der Waals surface area contributed by atoms with E-state index in [4.69, 9.17) is 10.5 Å². The third-order valence-electron chi connectivity index (χ3n) is 4.47. The summed E-state index contributed by atoms with van der Waals surface area (Å²) in [6.07, 6.45) is 2.77. The van der Waals surface area contributed by atoms with Crippen LogP contribution in [-0.4, -0.2) is 31.3 Å². The first-order chi connectivity index (χ1) is 7.78. The lowest BCUT2D eigenvalue weighted by atomic mass is 9.75. The Morgan fingerprint density at radius 3 is 2.47 bits per heavy atom. The van der Waals surface area contributed by atoms with E-state index in [1.165, 1.54) is 6.42 Å². The van der Waals surface area contributed by atoms with E-state index in [9.17, 15) is 0 Å². The Bertz CT molecular complexity index is 233. The second kappa shape index (κ2) is 5.68. The van der Waals surface area contributed by atoms with Crippen molar-refractivity contribution in [2.75, 3.05) is 19.7 Å². The predicted molar refractivity (Wildman–Crippen MR) is 73.1 cm³/mol. The maximum atomic E-state index is 6.20. The molecule has 17 heavy (non-hydrogen) atoms. The molecule has 2 unspecified atom stereocenters. The lowest BCUT2D eigenvalue weighted by Gasteiger charge is -2.39. The van der Waals surface area contributed by atoms with Crippen LogP contribution in [0.25, 0.3) is 0 Å². The van der Waals surface area contributed by atoms with Gasteiger partial charge in [0.2, 0.25) is 0 Å². The fourth-order valence-corrected chi connectivity index (χ4v) is 2.18. The minimum atomic E-state index is -0.156. The van der Waals surface area contributed by atoms with E-state index in [1.807, 2.05) is 0 Å². The number of ether oxygens (including phenoxy) is 1. The van der Waals surface area contributed by atoms with Gasteiger partial charge in [0.05, 0.1) is 6.10 Å². The fraction of sp³-hybridized carbons (Fsp3) is 1.00. The zero-order chi connectivity index (χ0) is 13.1. The van der Waals surface area contributed by atoms with E-state index in [2.05, 4.69) is 39.9 Å². The van der Waals surface area contributed by atoms with Crippen LogP contribution in [0.2, 0.25) is 0 Å². The zero-order valence-corrected chi connectivity index (χ0v) is 12.2. The van der Waals surface area contributed by atoms with Crippen molar-refractivity contribution in [2.45, 2.75) is 59.1 Å². The van der Waals surface area contributed by atoms with Gasteiger partial charge in [0.1, 0.15) is 0 Å². The minimum absolute atomic E-state index is 0.105. The average Bonchev–Trinajstić information content (AvgIpc) is 2.63. The van der Waals surface area contributed by atoms with Gasteiger partial charge in [-0.25, -0.2) is 0 Å². The SMILES string of the molecule is CCC1OCCC1CNCC(C)(C)C(C)(C)N. The summed E-state index contributed by atoms with van der Waals surface area (Å²) < 4.78 is 5.70. The van der Waals surface area contributed by atoms with Crippen molar-refractivity contribution in [1.29, 1.82) is 0 Å². The van der Waals surface area contributed by atoms with Gasteiger partial charge in [-0.1, -0.05) is 20.8 Å². The first-order valence-corrected chi connectivity index (χ1v) is 6.89. The molecule has 0 bridgehead atoms. The molecule has 102 valence electrons. The van der Waals surface area contributed by atoms with Crippen molar-refractivity contribution in [1.82, 2.24) is 5.32 Å². The van der Waals surface area contributed by atoms with Gasteiger partial charge >= 0.3 is 0 Å². The lowest BCUT2D eigenvalue weighted by Crippen LogP contribution is -2.52. The van der Waals surface area contributed by atoms with Crippen LogP contribution in [0, 0.1) is 11.3 Å². The number of rotatable bonds is 6. The second-order valence-electron chi connectivity index (χ2n) is 6.60. The van der Waals surface area contributed by atoms with Gasteiger partial charge in [-0.05, 0) is 38.0 Å². The smallest absolute Gasteiger partial charge is 0.0613 e. The summed E-state index contributed by atoms with van der Waals surface area (Å²) in [5, 5.41) is 3.58. The monoisotopic (exact) mass is 242 g/mol. The normalized spacial score (nSPS) is 26.5. The van der Waals surface area contributed by atoms with Crippen molar-refractivity contribution in [3.8, 4) is 0 Å². The molecule has 3 nitrogen and oxygen atoms in total. The highest BCUT2D eigenvalue weighted by Gasteiger charge is 2.33. The van der Waals surface area contributed by atoms with E-state index in [-0.39, 0.29) is 11.0 Å². The highest BCUT2D eigenvalue weighted by Crippen LogP contribution is 2.28. The molecule has 3 N–H and O–H groups in total. The second-order valence-corrected chi connectivity index (χ2v) is 6.60. The van der Waals surface area contributed by atoms with Gasteiger partial charge < -0.3 is 15.8 Å². The third-order valence-corrected chi connectivity index (χ3v) is 4.47. The molecule has 1 aliphatic heterocycles. The predicted octanol–water partition coefficient (Wildman–Crippen LogP) is 2.15. The molecule has 1 fully saturated rings. The topological polar surface area (TPSA) is 47.3 Å². The molecule has 0 aromatic heterocycles. The molecular weight excluding hydrogens is 212 g/mol. The maximum absolute atomic E-state index is 6.20. The van der Waals surface area contributed by atoms with Crippen molar-refractivity contribution < 1.29 is 4.74 Å². The van der Waals surface area contributed by atoms with Crippen LogP contribution in [0.3, 0.4) is 0 Å². The molecule has 1 rings (SSSR count). The quantitative estimate of drug-likeness (QED) is 0.750. The Labute approximate surface area is 106 Å². The molecule has 0 radical (unpaired) electrons. The van der Waals surface area contributed by atoms with Crippen LogP contribution in [0.1, 0.15) is 47.5 Å². The van der Waals surface area contributed by atoms with Gasteiger partial charge in [-0.3, -0.25) is 0 Å². The molecule has 3 heteroatoms. The van der Waals surface area contributed by atoms with Crippen molar-refractivity contribution in [3.05, 3.63) is 0 Å². The van der Waals surface area contributed by atoms with E-state index < -0.39 is 0 Å². The molecule has 2 atom stereocenters. The largest absolute Gasteiger partial charge is 0.378 e. The minimum Gasteiger partial charge on any atom is -0.378 e. The Balaban J connectivity index is 2.32. The molecule has 0 aromatic carbocycles. The summed E-state index contributed by atoms with van der Waals surface area (Å²) in [7, 11) is 0. The molecule has 1 saturated heterocycles. The Morgan fingerprint density at radius 2 is 1.94 bits per heavy atom. The van der Waals surface area contributed by atoms with E-state index in [0.29, 0.717) is 12.0 Å². The van der Waals surface area contributed by atoms with E-state index in [0.717, 1.165) is 26.1 Å². The summed E-state index contributed by atoms with van der Waals surface area (Å²) in [6.45, 7) is 13.8. The van der Waals surface area contributed by atoms with Crippen LogP contribution < -0.4 is 11.1 Å². The van der Waals surface area contributed by atoms with Crippen LogP contribution in [0.15, 0.2) is 0 Å². The van der Waals surface area contributed by atoms with Gasteiger partial charge in [0.25, 0.3) is 0 Å². The summed E-state index contributed by atoms with van der Waals surface area (Å²) in [5.74, 6) is 0.677. The molecule has 0 amide bonds. The van der Waals surface area contributed by atoms with Gasteiger partial charge in [-0.2, -0.15) is 0 Å². The van der Waals surface area contributed by atoms with Gasteiger partial charge in [0.15, 0.2) is 0 Å². The highest BCUT2D eigenvalue weighted by atomic mass is 16.5. The van der Waals surface area contributed by atoms with Crippen LogP contribution in [0.4, 0.5) is 0 Å². The summed E-state index contributed by atoms with van der Waals surface area (Å²) in [5.41, 5.74) is 6.15. The maximum Gasteiger partial charge on any atom is 0.0613 e. The van der Waals surface area contributed by atoms with E-state index in [1.54, 1.807) is 0 Å². The molecule has 0 spiro atoms. The standard InChI is InChI=1S/C14H30N2O/c1-6-12-11(7-8-17-12)9-16-10-13(2,3)14(4,5)15/h11-12,16H,6-10,15H2,1-5H3. The molecule has 0 aromatic rings. The molecular formula is C14H30N2O. The van der Waals surface area contributed by atoms with Crippen molar-refractivity contribution in [3.63, 3.8) is 0 Å². The first kappa shape index (κ1) is 14.9. The average molecular weight is 242 g/mol. The van der Waals surface area contributed by atoms with Gasteiger partial charge in [0, 0.05) is 25.2 Å². The van der Waals surface area contributed by atoms with Crippen molar-refractivity contribution >= 4 is 0 Å². The van der Waals surface area contributed by atoms with Crippen LogP contribution >= 0.6 is 0 Å². The molecule has 1 heterocycles. The lowest BCUT2D eigenvalue weighted by molar-refractivity contribution is 0.0857. The number of hydrogen-bond donors (Lipinski definition) is 2. The Kier molecular flexibility index (Phi) is 4.99. The summed E-state index contributed by atoms with van der Waals surface area (Å²) in [6, 6.07) is 0. The molecule has 0 aliphatic carbocycles. The van der Waals surface area contributed by atoms with Crippen molar-refractivity contribution in [2.24, 2.45) is 17.1 Å². The number of hydrogen-bond acceptors (Lipinski definition) is 3. The molecule has 1 aliphatic rings. The fourth-order valence-electron chi connectivity index (χ4n) is 2.18. The van der Waals surface area contributed by atoms with E-state index >= 15 is 0 Å². The Hall–Kier alpha value is -0.120. The summed E-state index contributed by atoms with van der Waals surface area (Å²) >= 11 is 0. The summed E-state index contributed by atoms with van der Waals surface area (Å²) in [4.78, 5) is 0. The number of nitrogens with one attached hydrogen (secondary N) is 1. The zero-order valence-electron chi connectivity index (χ0n) is 12.2. The molecule has 0 saturated carbocycles.